The number of aliphatic hydroxyl groups is 1. The van der Waals surface area contributed by atoms with Crippen LogP contribution in [0.3, 0.4) is 0 Å². The predicted molar refractivity (Wildman–Crippen MR) is 117 cm³/mol. The lowest BCUT2D eigenvalue weighted by Crippen LogP contribution is -2.23. The van der Waals surface area contributed by atoms with Crippen molar-refractivity contribution in [2.75, 3.05) is 0 Å². The van der Waals surface area contributed by atoms with Gasteiger partial charge in [0.25, 0.3) is 0 Å². The van der Waals surface area contributed by atoms with Crippen LogP contribution in [-0.4, -0.2) is 24.6 Å². The van der Waals surface area contributed by atoms with E-state index in [0.717, 1.165) is 22.9 Å². The van der Waals surface area contributed by atoms with E-state index < -0.39 is 5.69 Å². The summed E-state index contributed by atoms with van der Waals surface area (Å²) in [6, 6.07) is 12.9. The second-order valence-corrected chi connectivity index (χ2v) is 7.88. The summed E-state index contributed by atoms with van der Waals surface area (Å²) in [4.78, 5) is 26.6. The molecule has 7 nitrogen and oxygen atoms in total. The highest BCUT2D eigenvalue weighted by Gasteiger charge is 2.17. The zero-order valence-corrected chi connectivity index (χ0v) is 17.0. The third-order valence-corrected chi connectivity index (χ3v) is 5.84. The van der Waals surface area contributed by atoms with Crippen molar-refractivity contribution >= 4 is 38.8 Å². The van der Waals surface area contributed by atoms with Crippen molar-refractivity contribution in [2.24, 2.45) is 0 Å². The molecule has 8 heteroatoms. The zero-order chi connectivity index (χ0) is 20.8. The maximum atomic E-state index is 12.9. The number of pyridine rings is 2. The van der Waals surface area contributed by atoms with Crippen LogP contribution in [0.5, 0.6) is 11.6 Å². The van der Waals surface area contributed by atoms with Crippen molar-refractivity contribution in [2.45, 2.75) is 13.8 Å². The fourth-order valence-electron chi connectivity index (χ4n) is 3.51. The molecule has 0 bridgehead atoms. The number of ether oxygens (including phenoxy) is 1. The van der Waals surface area contributed by atoms with Gasteiger partial charge in [0, 0.05) is 18.0 Å². The molecule has 0 aliphatic carbocycles. The summed E-state index contributed by atoms with van der Waals surface area (Å²) in [5.41, 5.74) is 3.15. The molecule has 0 fully saturated rings. The Labute approximate surface area is 174 Å². The molecule has 0 aliphatic heterocycles. The maximum absolute atomic E-state index is 12.9. The lowest BCUT2D eigenvalue weighted by molar-refractivity contribution is 0.461. The summed E-state index contributed by atoms with van der Waals surface area (Å²) in [5.74, 6) is 1.14. The molecule has 4 aromatic heterocycles. The molecule has 0 atom stereocenters. The third-order valence-electron chi connectivity index (χ3n) is 4.82. The molecule has 0 spiro atoms. The molecule has 0 unspecified atom stereocenters. The zero-order valence-electron chi connectivity index (χ0n) is 16.2. The van der Waals surface area contributed by atoms with Crippen LogP contribution in [0, 0.1) is 13.8 Å². The summed E-state index contributed by atoms with van der Waals surface area (Å²) < 4.78 is 7.94. The number of hydrogen-bond donors (Lipinski definition) is 1. The molecule has 148 valence electrons. The molecule has 30 heavy (non-hydrogen) atoms. The number of benzene rings is 1. The van der Waals surface area contributed by atoms with Gasteiger partial charge in [-0.05, 0) is 49.7 Å². The van der Waals surface area contributed by atoms with Crippen LogP contribution in [0.1, 0.15) is 11.3 Å². The van der Waals surface area contributed by atoms with Crippen molar-refractivity contribution in [3.05, 3.63) is 74.9 Å². The van der Waals surface area contributed by atoms with E-state index in [2.05, 4.69) is 15.0 Å². The Kier molecular flexibility index (Phi) is 4.22. The summed E-state index contributed by atoms with van der Waals surface area (Å²) in [6.07, 6.45) is 2.62. The molecule has 4 heterocycles. The highest BCUT2D eigenvalue weighted by molar-refractivity contribution is 7.17. The number of aryl methyl sites for hydroxylation is 2. The number of hydrogen-bond acceptors (Lipinski definition) is 7. The van der Waals surface area contributed by atoms with E-state index in [1.807, 2.05) is 38.1 Å². The van der Waals surface area contributed by atoms with Gasteiger partial charge in [-0.3, -0.25) is 4.57 Å². The Morgan fingerprint density at radius 1 is 1.13 bits per heavy atom. The van der Waals surface area contributed by atoms with E-state index in [4.69, 9.17) is 4.74 Å². The van der Waals surface area contributed by atoms with Crippen LogP contribution in [0.25, 0.3) is 33.2 Å². The first-order valence-corrected chi connectivity index (χ1v) is 10.0. The van der Waals surface area contributed by atoms with E-state index >= 15 is 0 Å². The van der Waals surface area contributed by atoms with Crippen LogP contribution in [0.15, 0.2) is 53.5 Å². The first-order chi connectivity index (χ1) is 14.5. The fraction of sp³-hybridized carbons (Fsp3) is 0.0909. The van der Waals surface area contributed by atoms with E-state index in [1.54, 1.807) is 29.0 Å². The quantitative estimate of drug-likeness (QED) is 0.481. The fourth-order valence-corrected chi connectivity index (χ4v) is 4.44. The molecule has 0 saturated carbocycles. The Bertz CT molecular complexity index is 1540. The van der Waals surface area contributed by atoms with Crippen molar-refractivity contribution in [1.82, 2.24) is 19.5 Å². The number of aromatic nitrogens is 4. The summed E-state index contributed by atoms with van der Waals surface area (Å²) in [6.45, 7) is 3.81. The minimum absolute atomic E-state index is 0.423. The lowest BCUT2D eigenvalue weighted by atomic mass is 10.1. The van der Waals surface area contributed by atoms with Gasteiger partial charge < -0.3 is 9.84 Å². The third kappa shape index (κ3) is 2.89. The highest BCUT2D eigenvalue weighted by atomic mass is 32.1. The van der Waals surface area contributed by atoms with Crippen molar-refractivity contribution in [3.8, 4) is 17.3 Å². The summed E-state index contributed by atoms with van der Waals surface area (Å²) in [7, 11) is 0. The van der Waals surface area contributed by atoms with E-state index in [9.17, 15) is 9.90 Å². The number of aliphatic hydroxyl groups excluding tert-OH is 1. The largest absolute Gasteiger partial charge is 0.514 e. The second-order valence-electron chi connectivity index (χ2n) is 6.85. The van der Waals surface area contributed by atoms with E-state index in [-0.39, 0.29) is 0 Å². The van der Waals surface area contributed by atoms with Gasteiger partial charge in [-0.1, -0.05) is 6.07 Å². The smallest absolute Gasteiger partial charge is 0.353 e. The van der Waals surface area contributed by atoms with E-state index in [0.29, 0.717) is 37.7 Å². The summed E-state index contributed by atoms with van der Waals surface area (Å²) in [5, 5.41) is 10.3. The normalized spacial score (nSPS) is 12.1. The van der Waals surface area contributed by atoms with Crippen molar-refractivity contribution < 1.29 is 9.84 Å². The Morgan fingerprint density at radius 2 is 2.00 bits per heavy atom. The molecule has 0 amide bonds. The van der Waals surface area contributed by atoms with Gasteiger partial charge in [-0.25, -0.2) is 14.8 Å². The van der Waals surface area contributed by atoms with Gasteiger partial charge in [0.2, 0.25) is 5.88 Å². The molecule has 0 radical (unpaired) electrons. The topological polar surface area (TPSA) is 90.1 Å². The Hall–Kier alpha value is -3.78. The van der Waals surface area contributed by atoms with Crippen LogP contribution in [0.2, 0.25) is 0 Å². The molecule has 0 aliphatic rings. The average Bonchev–Trinajstić information content (AvgIpc) is 3.08. The number of rotatable bonds is 3. The molecular weight excluding hydrogens is 400 g/mol. The van der Waals surface area contributed by atoms with Crippen LogP contribution in [0.4, 0.5) is 0 Å². The van der Waals surface area contributed by atoms with Gasteiger partial charge >= 0.3 is 5.69 Å². The summed E-state index contributed by atoms with van der Waals surface area (Å²) >= 11 is 1.29. The van der Waals surface area contributed by atoms with Gasteiger partial charge in [0.15, 0.2) is 0 Å². The molecule has 1 aromatic carbocycles. The Balaban J connectivity index is 1.67. The van der Waals surface area contributed by atoms with Crippen molar-refractivity contribution in [1.29, 1.82) is 0 Å². The van der Waals surface area contributed by atoms with Gasteiger partial charge in [-0.2, -0.15) is 4.98 Å². The molecular formula is C22H16N4O3S. The van der Waals surface area contributed by atoms with Crippen molar-refractivity contribution in [3.63, 3.8) is 0 Å². The van der Waals surface area contributed by atoms with Crippen LogP contribution < -0.4 is 15.0 Å². The van der Waals surface area contributed by atoms with Gasteiger partial charge in [0.1, 0.15) is 16.1 Å². The highest BCUT2D eigenvalue weighted by Crippen LogP contribution is 2.29. The standard InChI is InChI=1S/C22H16N4O3S/c1-12-10-14(29-18-5-3-4-13(2)24-18)6-7-15(12)26-16-8-9-23-21-19(16)20(25-22(26)28)17(11-27)30-21/h3-11,27H,1-2H3. The molecule has 1 N–H and O–H groups in total. The number of nitrogens with zero attached hydrogens (tertiary/aromatic N) is 4. The SMILES string of the molecule is Cc1cccc(Oc2ccc(-n3c(=O)nc4c(=CO)sc5nccc3c54)c(C)c2)n1. The molecule has 5 rings (SSSR count). The Morgan fingerprint density at radius 3 is 2.77 bits per heavy atom. The maximum Gasteiger partial charge on any atom is 0.353 e. The molecule has 5 aromatic rings. The first-order valence-electron chi connectivity index (χ1n) is 9.22. The van der Waals surface area contributed by atoms with E-state index in [1.165, 1.54) is 11.3 Å². The minimum atomic E-state index is -0.423. The average molecular weight is 416 g/mol. The predicted octanol–water partition coefficient (Wildman–Crippen LogP) is 3.81. The second kappa shape index (κ2) is 6.93. The first kappa shape index (κ1) is 18.3. The molecule has 0 saturated heterocycles. The van der Waals surface area contributed by atoms with Gasteiger partial charge in [-0.15, -0.1) is 11.3 Å². The number of thiophene rings is 1. The van der Waals surface area contributed by atoms with Crippen LogP contribution >= 0.6 is 11.3 Å². The van der Waals surface area contributed by atoms with Crippen LogP contribution in [-0.2, 0) is 0 Å². The van der Waals surface area contributed by atoms with Gasteiger partial charge in [0.05, 0.1) is 27.4 Å². The minimum Gasteiger partial charge on any atom is -0.514 e. The lowest BCUT2D eigenvalue weighted by Gasteiger charge is -2.13. The monoisotopic (exact) mass is 416 g/mol.